The second-order valence-corrected chi connectivity index (χ2v) is 4.64. The van der Waals surface area contributed by atoms with Crippen molar-refractivity contribution in [2.45, 2.75) is 24.8 Å². The number of alkyl halides is 1. The first-order valence-corrected chi connectivity index (χ1v) is 6.32. The predicted octanol–water partition coefficient (Wildman–Crippen LogP) is 2.34. The molecule has 1 aliphatic rings. The highest BCUT2D eigenvalue weighted by Gasteiger charge is 2.42. The monoisotopic (exact) mass is 253 g/mol. The number of rotatable bonds is 6. The standard InChI is InChI=1S/C13H16ClNO2/c14-10-13(7-8-13)15-12(16)6-9-17-11-4-2-1-3-5-11/h1-5H,6-10H2,(H,15,16). The summed E-state index contributed by atoms with van der Waals surface area (Å²) in [6.07, 6.45) is 2.34. The van der Waals surface area contributed by atoms with Crippen molar-refractivity contribution in [1.82, 2.24) is 5.32 Å². The van der Waals surface area contributed by atoms with Crippen LogP contribution in [0.1, 0.15) is 19.3 Å². The lowest BCUT2D eigenvalue weighted by molar-refractivity contribution is -0.122. The highest BCUT2D eigenvalue weighted by atomic mass is 35.5. The molecule has 1 aliphatic carbocycles. The van der Waals surface area contributed by atoms with Gasteiger partial charge in [0.05, 0.1) is 18.6 Å². The maximum atomic E-state index is 11.6. The minimum atomic E-state index is -0.120. The smallest absolute Gasteiger partial charge is 0.223 e. The molecule has 0 heterocycles. The maximum absolute atomic E-state index is 11.6. The maximum Gasteiger partial charge on any atom is 0.223 e. The van der Waals surface area contributed by atoms with Gasteiger partial charge in [-0.2, -0.15) is 0 Å². The summed E-state index contributed by atoms with van der Waals surface area (Å²) in [5.74, 6) is 1.30. The van der Waals surface area contributed by atoms with E-state index in [9.17, 15) is 4.79 Å². The first-order valence-electron chi connectivity index (χ1n) is 5.79. The van der Waals surface area contributed by atoms with Crippen molar-refractivity contribution in [2.24, 2.45) is 0 Å². The summed E-state index contributed by atoms with van der Waals surface area (Å²) in [4.78, 5) is 11.6. The van der Waals surface area contributed by atoms with Gasteiger partial charge in [0.25, 0.3) is 0 Å². The summed E-state index contributed by atoms with van der Waals surface area (Å²) >= 11 is 5.78. The number of carbonyl (C=O) groups is 1. The Hall–Kier alpha value is -1.22. The van der Waals surface area contributed by atoms with Crippen LogP contribution in [0.2, 0.25) is 0 Å². The van der Waals surface area contributed by atoms with E-state index in [2.05, 4.69) is 5.32 Å². The molecule has 0 unspecified atom stereocenters. The minimum Gasteiger partial charge on any atom is -0.493 e. The average molecular weight is 254 g/mol. The minimum absolute atomic E-state index is 0.0130. The van der Waals surface area contributed by atoms with Crippen LogP contribution >= 0.6 is 11.6 Å². The van der Waals surface area contributed by atoms with Crippen molar-refractivity contribution in [3.8, 4) is 5.75 Å². The van der Waals surface area contributed by atoms with Gasteiger partial charge in [-0.15, -0.1) is 11.6 Å². The second kappa shape index (κ2) is 5.41. The number of nitrogens with one attached hydrogen (secondary N) is 1. The number of benzene rings is 1. The van der Waals surface area contributed by atoms with Gasteiger partial charge in [-0.1, -0.05) is 18.2 Å². The SMILES string of the molecule is O=C(CCOc1ccccc1)NC1(CCl)CC1. The van der Waals surface area contributed by atoms with Crippen LogP contribution in [-0.4, -0.2) is 23.9 Å². The van der Waals surface area contributed by atoms with Gasteiger partial charge in [0.2, 0.25) is 5.91 Å². The molecular formula is C13H16ClNO2. The van der Waals surface area contributed by atoms with Crippen molar-refractivity contribution >= 4 is 17.5 Å². The number of carbonyl (C=O) groups excluding carboxylic acids is 1. The number of hydrogen-bond acceptors (Lipinski definition) is 2. The predicted molar refractivity (Wildman–Crippen MR) is 67.4 cm³/mol. The van der Waals surface area contributed by atoms with Crippen molar-refractivity contribution in [3.63, 3.8) is 0 Å². The molecule has 0 spiro atoms. The summed E-state index contributed by atoms with van der Waals surface area (Å²) in [6.45, 7) is 0.397. The van der Waals surface area contributed by atoms with Gasteiger partial charge in [-0.05, 0) is 25.0 Å². The first-order chi connectivity index (χ1) is 8.24. The Morgan fingerprint density at radius 3 is 2.65 bits per heavy atom. The number of ether oxygens (including phenoxy) is 1. The fraction of sp³-hybridized carbons (Fsp3) is 0.462. The van der Waals surface area contributed by atoms with Gasteiger partial charge < -0.3 is 10.1 Å². The topological polar surface area (TPSA) is 38.3 Å². The summed E-state index contributed by atoms with van der Waals surface area (Å²) in [5, 5.41) is 2.95. The Labute approximate surface area is 106 Å². The molecule has 1 aromatic carbocycles. The lowest BCUT2D eigenvalue weighted by atomic mass is 10.3. The van der Waals surface area contributed by atoms with E-state index in [4.69, 9.17) is 16.3 Å². The van der Waals surface area contributed by atoms with Crippen LogP contribution in [0.4, 0.5) is 0 Å². The molecule has 1 saturated carbocycles. The highest BCUT2D eigenvalue weighted by molar-refractivity contribution is 6.19. The van der Waals surface area contributed by atoms with Crippen molar-refractivity contribution in [2.75, 3.05) is 12.5 Å². The van der Waals surface area contributed by atoms with Gasteiger partial charge in [0.15, 0.2) is 0 Å². The molecule has 4 heteroatoms. The Morgan fingerprint density at radius 1 is 1.35 bits per heavy atom. The molecule has 0 atom stereocenters. The summed E-state index contributed by atoms with van der Waals surface area (Å²) in [7, 11) is 0. The van der Waals surface area contributed by atoms with Gasteiger partial charge in [0, 0.05) is 5.88 Å². The fourth-order valence-corrected chi connectivity index (χ4v) is 1.91. The molecule has 0 aliphatic heterocycles. The zero-order valence-electron chi connectivity index (χ0n) is 9.62. The molecule has 1 fully saturated rings. The number of para-hydroxylation sites is 1. The van der Waals surface area contributed by atoms with E-state index in [1.54, 1.807) is 0 Å². The quantitative estimate of drug-likeness (QED) is 0.791. The zero-order valence-corrected chi connectivity index (χ0v) is 10.4. The second-order valence-electron chi connectivity index (χ2n) is 4.37. The van der Waals surface area contributed by atoms with E-state index >= 15 is 0 Å². The Balaban J connectivity index is 1.67. The van der Waals surface area contributed by atoms with E-state index < -0.39 is 0 Å². The van der Waals surface area contributed by atoms with Gasteiger partial charge in [-0.3, -0.25) is 4.79 Å². The average Bonchev–Trinajstić information content (AvgIpc) is 3.11. The van der Waals surface area contributed by atoms with E-state index in [0.29, 0.717) is 18.9 Å². The molecule has 3 nitrogen and oxygen atoms in total. The van der Waals surface area contributed by atoms with Gasteiger partial charge >= 0.3 is 0 Å². The zero-order chi connectivity index (χ0) is 12.1. The third-order valence-electron chi connectivity index (χ3n) is 2.85. The molecule has 92 valence electrons. The number of halogens is 1. The fourth-order valence-electron chi connectivity index (χ4n) is 1.58. The van der Waals surface area contributed by atoms with E-state index in [0.717, 1.165) is 18.6 Å². The van der Waals surface area contributed by atoms with E-state index in [1.165, 1.54) is 0 Å². The molecule has 17 heavy (non-hydrogen) atoms. The molecular weight excluding hydrogens is 238 g/mol. The molecule has 0 saturated heterocycles. The molecule has 1 amide bonds. The van der Waals surface area contributed by atoms with E-state index in [1.807, 2.05) is 30.3 Å². The van der Waals surface area contributed by atoms with Crippen LogP contribution in [0.15, 0.2) is 30.3 Å². The molecule has 0 bridgehead atoms. The normalized spacial score (nSPS) is 16.3. The number of amides is 1. The third-order valence-corrected chi connectivity index (χ3v) is 3.37. The third kappa shape index (κ3) is 3.63. The lowest BCUT2D eigenvalue weighted by Gasteiger charge is -2.14. The molecule has 1 aromatic rings. The van der Waals surface area contributed by atoms with Crippen LogP contribution in [0, 0.1) is 0 Å². The molecule has 1 N–H and O–H groups in total. The van der Waals surface area contributed by atoms with Crippen molar-refractivity contribution in [1.29, 1.82) is 0 Å². The number of hydrogen-bond donors (Lipinski definition) is 1. The van der Waals surface area contributed by atoms with Crippen LogP contribution in [0.3, 0.4) is 0 Å². The Kier molecular flexibility index (Phi) is 3.89. The van der Waals surface area contributed by atoms with E-state index in [-0.39, 0.29) is 11.4 Å². The van der Waals surface area contributed by atoms with Gasteiger partial charge in [0.1, 0.15) is 5.75 Å². The Bertz CT molecular complexity index is 376. The highest BCUT2D eigenvalue weighted by Crippen LogP contribution is 2.36. The molecule has 0 aromatic heterocycles. The van der Waals surface area contributed by atoms with Crippen LogP contribution in [-0.2, 0) is 4.79 Å². The van der Waals surface area contributed by atoms with Crippen molar-refractivity contribution in [3.05, 3.63) is 30.3 Å². The van der Waals surface area contributed by atoms with Crippen molar-refractivity contribution < 1.29 is 9.53 Å². The van der Waals surface area contributed by atoms with Crippen LogP contribution in [0.5, 0.6) is 5.75 Å². The Morgan fingerprint density at radius 2 is 2.06 bits per heavy atom. The summed E-state index contributed by atoms with van der Waals surface area (Å²) in [6, 6.07) is 9.49. The molecule has 2 rings (SSSR count). The van der Waals surface area contributed by atoms with Crippen LogP contribution in [0.25, 0.3) is 0 Å². The molecule has 0 radical (unpaired) electrons. The van der Waals surface area contributed by atoms with Gasteiger partial charge in [-0.25, -0.2) is 0 Å². The summed E-state index contributed by atoms with van der Waals surface area (Å²) < 4.78 is 5.45. The van der Waals surface area contributed by atoms with Crippen LogP contribution < -0.4 is 10.1 Å². The largest absolute Gasteiger partial charge is 0.493 e. The first kappa shape index (κ1) is 12.2. The summed E-state index contributed by atoms with van der Waals surface area (Å²) in [5.41, 5.74) is -0.120. The lowest BCUT2D eigenvalue weighted by Crippen LogP contribution is -2.38.